The van der Waals surface area contributed by atoms with Gasteiger partial charge >= 0.3 is 7.82 Å². The first kappa shape index (κ1) is 32.4. The van der Waals surface area contributed by atoms with Crippen LogP contribution in [0.25, 0.3) is 0 Å². The summed E-state index contributed by atoms with van der Waals surface area (Å²) >= 11 is 0. The van der Waals surface area contributed by atoms with Crippen LogP contribution >= 0.6 is 7.82 Å². The maximum Gasteiger partial charge on any atom is 0.530 e. The number of aryl methyl sites for hydroxylation is 1. The Kier molecular flexibility index (Phi) is 11.6. The number of aromatic hydroxyl groups is 1. The number of phenols is 1. The van der Waals surface area contributed by atoms with Gasteiger partial charge in [0, 0.05) is 6.42 Å². The van der Waals surface area contributed by atoms with Gasteiger partial charge < -0.3 is 25.4 Å². The van der Waals surface area contributed by atoms with Crippen molar-refractivity contribution in [1.82, 2.24) is 5.32 Å². The summed E-state index contributed by atoms with van der Waals surface area (Å²) in [6.45, 7) is 7.76. The molecule has 0 atom stereocenters. The molecule has 0 spiro atoms. The molecule has 0 radical (unpaired) electrons. The van der Waals surface area contributed by atoms with Gasteiger partial charge in [-0.3, -0.25) is 18.6 Å². The minimum absolute atomic E-state index is 0.0572. The van der Waals surface area contributed by atoms with Gasteiger partial charge in [-0.15, -0.1) is 0 Å². The molecule has 2 amide bonds. The zero-order chi connectivity index (χ0) is 30.0. The molecule has 0 aromatic heterocycles. The van der Waals surface area contributed by atoms with Crippen LogP contribution in [0.4, 0.5) is 0 Å². The topological polar surface area (TPSA) is 146 Å². The quantitative estimate of drug-likeness (QED) is 0.214. The Morgan fingerprint density at radius 1 is 1.02 bits per heavy atom. The highest BCUT2D eigenvalue weighted by molar-refractivity contribution is 7.48. The van der Waals surface area contributed by atoms with Crippen molar-refractivity contribution in [3.05, 3.63) is 53.1 Å². The molecular formula is C30H43N2O8P. The number of carbonyl (C=O) groups is 2. The third-order valence-electron chi connectivity index (χ3n) is 7.07. The van der Waals surface area contributed by atoms with E-state index in [2.05, 4.69) is 5.32 Å². The molecule has 0 bridgehead atoms. The van der Waals surface area contributed by atoms with Gasteiger partial charge in [0.2, 0.25) is 5.91 Å². The second-order valence-corrected chi connectivity index (χ2v) is 12.3. The smallest absolute Gasteiger partial charge is 0.504 e. The second-order valence-electron chi connectivity index (χ2n) is 10.7. The van der Waals surface area contributed by atoms with E-state index in [9.17, 15) is 19.3 Å². The number of nitrogens with two attached hydrogens (primary N) is 1. The van der Waals surface area contributed by atoms with Crippen LogP contribution in [0.2, 0.25) is 0 Å². The highest BCUT2D eigenvalue weighted by atomic mass is 31.2. The number of hydrogen-bond acceptors (Lipinski definition) is 8. The number of phosphoric acid groups is 1. The minimum Gasteiger partial charge on any atom is -0.504 e. The van der Waals surface area contributed by atoms with Gasteiger partial charge in [0.25, 0.3) is 5.91 Å². The Bertz CT molecular complexity index is 1230. The summed E-state index contributed by atoms with van der Waals surface area (Å²) in [7, 11) is -3.90. The molecule has 1 saturated carbocycles. The number of phenolic OH excluding ortho intramolecular Hbond substituents is 1. The third kappa shape index (κ3) is 9.48. The molecule has 3 rings (SSSR count). The van der Waals surface area contributed by atoms with E-state index in [1.165, 1.54) is 31.4 Å². The number of carbonyl (C=O) groups excluding carboxylic acids is 2. The number of benzene rings is 2. The molecule has 1 aliphatic rings. The van der Waals surface area contributed by atoms with Crippen molar-refractivity contribution in [1.29, 1.82) is 0 Å². The summed E-state index contributed by atoms with van der Waals surface area (Å²) in [5, 5.41) is 13.2. The summed E-state index contributed by atoms with van der Waals surface area (Å²) in [6.07, 6.45) is 6.38. The fraction of sp³-hybridized carbons (Fsp3) is 0.533. The second kappa shape index (κ2) is 14.7. The van der Waals surface area contributed by atoms with E-state index in [1.807, 2.05) is 19.9 Å². The molecule has 226 valence electrons. The van der Waals surface area contributed by atoms with Crippen LogP contribution in [0.1, 0.15) is 87.7 Å². The van der Waals surface area contributed by atoms with E-state index >= 15 is 0 Å². The minimum atomic E-state index is -3.90. The maximum absolute atomic E-state index is 12.9. The van der Waals surface area contributed by atoms with Crippen molar-refractivity contribution in [3.63, 3.8) is 0 Å². The number of primary amides is 1. The Morgan fingerprint density at radius 2 is 1.71 bits per heavy atom. The molecular weight excluding hydrogens is 547 g/mol. The van der Waals surface area contributed by atoms with Gasteiger partial charge in [-0.2, -0.15) is 0 Å². The van der Waals surface area contributed by atoms with Gasteiger partial charge in [0.05, 0.1) is 30.9 Å². The van der Waals surface area contributed by atoms with E-state index in [1.54, 1.807) is 32.0 Å². The summed E-state index contributed by atoms with van der Waals surface area (Å²) in [6, 6.07) is 9.81. The van der Waals surface area contributed by atoms with Gasteiger partial charge in [-0.1, -0.05) is 31.4 Å². The lowest BCUT2D eigenvalue weighted by Crippen LogP contribution is -2.41. The number of ether oxygens (including phenoxy) is 1. The molecule has 1 aliphatic carbocycles. The van der Waals surface area contributed by atoms with Gasteiger partial charge in [0.1, 0.15) is 5.75 Å². The molecule has 0 unspecified atom stereocenters. The Labute approximate surface area is 242 Å². The summed E-state index contributed by atoms with van der Waals surface area (Å²) in [5.74, 6) is -0.157. The summed E-state index contributed by atoms with van der Waals surface area (Å²) < 4.78 is 34.4. The molecule has 11 heteroatoms. The van der Waals surface area contributed by atoms with E-state index in [4.69, 9.17) is 24.0 Å². The predicted molar refractivity (Wildman–Crippen MR) is 156 cm³/mol. The Hall–Kier alpha value is -3.07. The largest absolute Gasteiger partial charge is 0.530 e. The van der Waals surface area contributed by atoms with Gasteiger partial charge in [0.15, 0.2) is 11.5 Å². The summed E-state index contributed by atoms with van der Waals surface area (Å²) in [4.78, 5) is 25.2. The van der Waals surface area contributed by atoms with Crippen molar-refractivity contribution >= 4 is 19.6 Å². The first-order chi connectivity index (χ1) is 19.5. The molecule has 2 aromatic carbocycles. The summed E-state index contributed by atoms with van der Waals surface area (Å²) in [5.41, 5.74) is 6.56. The van der Waals surface area contributed by atoms with E-state index in [0.717, 1.165) is 12.8 Å². The van der Waals surface area contributed by atoms with Gasteiger partial charge in [-0.05, 0) is 88.3 Å². The van der Waals surface area contributed by atoms with Crippen LogP contribution in [0.5, 0.6) is 17.2 Å². The first-order valence-corrected chi connectivity index (χ1v) is 15.7. The molecule has 0 aliphatic heterocycles. The Morgan fingerprint density at radius 3 is 2.34 bits per heavy atom. The zero-order valence-electron chi connectivity index (χ0n) is 24.4. The number of hydrogen-bond donors (Lipinski definition) is 3. The van der Waals surface area contributed by atoms with E-state index < -0.39 is 19.3 Å². The fourth-order valence-electron chi connectivity index (χ4n) is 4.85. The lowest BCUT2D eigenvalue weighted by molar-refractivity contribution is -0.122. The predicted octanol–water partition coefficient (Wildman–Crippen LogP) is 5.99. The molecule has 0 saturated heterocycles. The molecule has 41 heavy (non-hydrogen) atoms. The van der Waals surface area contributed by atoms with Crippen LogP contribution in [0.15, 0.2) is 36.4 Å². The van der Waals surface area contributed by atoms with Crippen LogP contribution in [0.3, 0.4) is 0 Å². The normalized spacial score (nSPS) is 14.4. The molecule has 2 aromatic rings. The molecule has 4 N–H and O–H groups in total. The highest BCUT2D eigenvalue weighted by Crippen LogP contribution is 2.51. The zero-order valence-corrected chi connectivity index (χ0v) is 25.3. The molecule has 1 fully saturated rings. The first-order valence-electron chi connectivity index (χ1n) is 14.2. The average Bonchev–Trinajstić information content (AvgIpc) is 2.92. The third-order valence-corrected chi connectivity index (χ3v) is 8.64. The van der Waals surface area contributed by atoms with Crippen LogP contribution in [-0.4, -0.2) is 36.7 Å². The monoisotopic (exact) mass is 590 g/mol. The number of rotatable bonds is 15. The average molecular weight is 591 g/mol. The Balaban J connectivity index is 1.64. The molecule has 0 heterocycles. The fourth-order valence-corrected chi connectivity index (χ4v) is 6.05. The van der Waals surface area contributed by atoms with Crippen molar-refractivity contribution in [2.45, 2.75) is 78.2 Å². The van der Waals surface area contributed by atoms with Crippen molar-refractivity contribution in [3.8, 4) is 17.2 Å². The maximum atomic E-state index is 12.9. The van der Waals surface area contributed by atoms with E-state index in [-0.39, 0.29) is 42.6 Å². The van der Waals surface area contributed by atoms with Crippen molar-refractivity contribution < 1.29 is 37.6 Å². The standard InChI is InChI=1S/C30H43N2O8P/c1-5-38-41(36,39-6-2)40-27-18-21(12-15-25(27)33)13-17-28(34)32-30(3,4)23-14-16-26(24(19-23)29(31)35)37-20-22-10-8-7-9-11-22/h12,14-16,18-19,22,33H,5-11,13,17,20H2,1-4H3,(H2,31,35)(H,32,34). The van der Waals surface area contributed by atoms with Crippen LogP contribution in [0, 0.1) is 5.92 Å². The number of amides is 2. The van der Waals surface area contributed by atoms with Crippen LogP contribution in [-0.2, 0) is 30.4 Å². The molecule has 10 nitrogen and oxygen atoms in total. The van der Waals surface area contributed by atoms with E-state index in [0.29, 0.717) is 35.8 Å². The van der Waals surface area contributed by atoms with Crippen LogP contribution < -0.4 is 20.3 Å². The highest BCUT2D eigenvalue weighted by Gasteiger charge is 2.29. The lowest BCUT2D eigenvalue weighted by atomic mass is 9.90. The SMILES string of the molecule is CCOP(=O)(OCC)Oc1cc(CCC(=O)NC(C)(C)c2ccc(OCC3CCCCC3)c(C(N)=O)c2)ccc1O. The number of phosphoric ester groups is 1. The number of nitrogens with one attached hydrogen (secondary N) is 1. The van der Waals surface area contributed by atoms with Crippen molar-refractivity contribution in [2.24, 2.45) is 11.7 Å². The van der Waals surface area contributed by atoms with Crippen molar-refractivity contribution in [2.75, 3.05) is 19.8 Å². The van der Waals surface area contributed by atoms with Gasteiger partial charge in [-0.25, -0.2) is 4.57 Å². The lowest BCUT2D eigenvalue weighted by Gasteiger charge is -2.28.